The summed E-state index contributed by atoms with van der Waals surface area (Å²) in [5.74, 6) is 0.983. The van der Waals surface area contributed by atoms with Gasteiger partial charge in [0.1, 0.15) is 5.01 Å². The fourth-order valence-corrected chi connectivity index (χ4v) is 4.70. The lowest BCUT2D eigenvalue weighted by molar-refractivity contribution is -0.122. The highest BCUT2D eigenvalue weighted by Gasteiger charge is 2.38. The molecule has 1 aliphatic carbocycles. The first-order valence-electron chi connectivity index (χ1n) is 8.63. The number of amides is 1. The number of carbonyl (C=O) groups excluding carboxylic acids is 1. The normalized spacial score (nSPS) is 22.8. The molecule has 1 amide bonds. The molecule has 0 radical (unpaired) electrons. The van der Waals surface area contributed by atoms with Crippen LogP contribution in [0.3, 0.4) is 0 Å². The maximum atomic E-state index is 12.1. The van der Waals surface area contributed by atoms with Gasteiger partial charge >= 0.3 is 0 Å². The topological polar surface area (TPSA) is 58.1 Å². The van der Waals surface area contributed by atoms with E-state index < -0.39 is 0 Å². The molecule has 2 aliphatic rings. The SMILES string of the molecule is O=C(CN1C[C@@H]2CC[C@H]1C2)NCCc1csc(-c2ccncc2)n1. The number of hydrogen-bond acceptors (Lipinski definition) is 5. The van der Waals surface area contributed by atoms with Crippen LogP contribution in [-0.4, -0.2) is 46.5 Å². The van der Waals surface area contributed by atoms with Gasteiger partial charge in [0.15, 0.2) is 0 Å². The number of nitrogens with zero attached hydrogens (tertiary/aromatic N) is 3. The van der Waals surface area contributed by atoms with Crippen LogP contribution in [0.15, 0.2) is 29.9 Å². The van der Waals surface area contributed by atoms with E-state index in [1.807, 2.05) is 12.1 Å². The molecular formula is C18H22N4OS. The molecule has 1 saturated carbocycles. The second-order valence-corrected chi connectivity index (χ2v) is 7.60. The third kappa shape index (κ3) is 3.49. The van der Waals surface area contributed by atoms with Crippen LogP contribution >= 0.6 is 11.3 Å². The number of nitrogens with one attached hydrogen (secondary N) is 1. The molecule has 1 N–H and O–H groups in total. The lowest BCUT2D eigenvalue weighted by Gasteiger charge is -2.25. The molecule has 0 spiro atoms. The van der Waals surface area contributed by atoms with E-state index in [-0.39, 0.29) is 5.91 Å². The minimum absolute atomic E-state index is 0.145. The van der Waals surface area contributed by atoms with Gasteiger partial charge in [0, 0.05) is 48.9 Å². The van der Waals surface area contributed by atoms with Crippen molar-refractivity contribution < 1.29 is 4.79 Å². The van der Waals surface area contributed by atoms with Gasteiger partial charge in [-0.1, -0.05) is 0 Å². The van der Waals surface area contributed by atoms with Crippen molar-refractivity contribution in [3.8, 4) is 10.6 Å². The first-order chi connectivity index (χ1) is 11.8. The monoisotopic (exact) mass is 342 g/mol. The molecule has 2 fully saturated rings. The zero-order valence-corrected chi connectivity index (χ0v) is 14.5. The van der Waals surface area contributed by atoms with Crippen LogP contribution in [0, 0.1) is 5.92 Å². The Balaban J connectivity index is 1.23. The van der Waals surface area contributed by atoms with Crippen molar-refractivity contribution in [1.29, 1.82) is 0 Å². The molecule has 5 nitrogen and oxygen atoms in total. The summed E-state index contributed by atoms with van der Waals surface area (Å²) < 4.78 is 0. The maximum Gasteiger partial charge on any atom is 0.234 e. The summed E-state index contributed by atoms with van der Waals surface area (Å²) >= 11 is 1.64. The molecule has 24 heavy (non-hydrogen) atoms. The summed E-state index contributed by atoms with van der Waals surface area (Å²) in [6, 6.07) is 4.59. The Morgan fingerprint density at radius 1 is 1.33 bits per heavy atom. The van der Waals surface area contributed by atoms with Gasteiger partial charge in [0.05, 0.1) is 12.2 Å². The van der Waals surface area contributed by atoms with E-state index in [0.29, 0.717) is 19.1 Å². The molecular weight excluding hydrogens is 320 g/mol. The van der Waals surface area contributed by atoms with Crippen molar-refractivity contribution in [2.75, 3.05) is 19.6 Å². The first kappa shape index (κ1) is 15.7. The van der Waals surface area contributed by atoms with Crippen molar-refractivity contribution in [2.45, 2.75) is 31.7 Å². The fraction of sp³-hybridized carbons (Fsp3) is 0.500. The quantitative estimate of drug-likeness (QED) is 0.875. The second kappa shape index (κ2) is 6.99. The summed E-state index contributed by atoms with van der Waals surface area (Å²) in [4.78, 5) is 23.1. The van der Waals surface area contributed by atoms with E-state index in [0.717, 1.165) is 35.1 Å². The largest absolute Gasteiger partial charge is 0.355 e. The van der Waals surface area contributed by atoms with Crippen LogP contribution in [0.4, 0.5) is 0 Å². The predicted octanol–water partition coefficient (Wildman–Crippen LogP) is 2.35. The second-order valence-electron chi connectivity index (χ2n) is 6.74. The van der Waals surface area contributed by atoms with Crippen LogP contribution < -0.4 is 5.32 Å². The molecule has 0 unspecified atom stereocenters. The molecule has 2 aromatic rings. The zero-order chi connectivity index (χ0) is 16.4. The molecule has 6 heteroatoms. The van der Waals surface area contributed by atoms with E-state index in [1.165, 1.54) is 19.3 Å². The molecule has 3 heterocycles. The zero-order valence-electron chi connectivity index (χ0n) is 13.6. The highest BCUT2D eigenvalue weighted by atomic mass is 32.1. The number of aromatic nitrogens is 2. The third-order valence-corrected chi connectivity index (χ3v) is 5.99. The van der Waals surface area contributed by atoms with Crippen LogP contribution in [-0.2, 0) is 11.2 Å². The Hall–Kier alpha value is -1.79. The minimum Gasteiger partial charge on any atom is -0.355 e. The summed E-state index contributed by atoms with van der Waals surface area (Å²) in [5.41, 5.74) is 2.13. The number of hydrogen-bond donors (Lipinski definition) is 1. The van der Waals surface area contributed by atoms with Gasteiger partial charge in [0.25, 0.3) is 0 Å². The highest BCUT2D eigenvalue weighted by Crippen LogP contribution is 2.36. The first-order valence-corrected chi connectivity index (χ1v) is 9.51. The average molecular weight is 342 g/mol. The number of piperidine rings is 1. The van der Waals surface area contributed by atoms with Crippen LogP contribution in [0.2, 0.25) is 0 Å². The Labute approximate surface area is 146 Å². The Kier molecular flexibility index (Phi) is 4.58. The average Bonchev–Trinajstić information content (AvgIpc) is 3.32. The van der Waals surface area contributed by atoms with Gasteiger partial charge in [-0.2, -0.15) is 0 Å². The van der Waals surface area contributed by atoms with E-state index in [9.17, 15) is 4.79 Å². The van der Waals surface area contributed by atoms with E-state index in [1.54, 1.807) is 23.7 Å². The molecule has 1 aliphatic heterocycles. The van der Waals surface area contributed by atoms with Crippen LogP contribution in [0.25, 0.3) is 10.6 Å². The Morgan fingerprint density at radius 2 is 2.21 bits per heavy atom. The van der Waals surface area contributed by atoms with Gasteiger partial charge in [-0.3, -0.25) is 14.7 Å². The molecule has 4 rings (SSSR count). The van der Waals surface area contributed by atoms with E-state index in [4.69, 9.17) is 0 Å². The molecule has 2 aromatic heterocycles. The van der Waals surface area contributed by atoms with E-state index in [2.05, 4.69) is 25.6 Å². The van der Waals surface area contributed by atoms with Gasteiger partial charge in [-0.15, -0.1) is 11.3 Å². The Morgan fingerprint density at radius 3 is 2.96 bits per heavy atom. The van der Waals surface area contributed by atoms with Gasteiger partial charge < -0.3 is 5.32 Å². The van der Waals surface area contributed by atoms with Gasteiger partial charge in [-0.05, 0) is 37.3 Å². The summed E-state index contributed by atoms with van der Waals surface area (Å²) in [5, 5.41) is 6.12. The highest BCUT2D eigenvalue weighted by molar-refractivity contribution is 7.13. The third-order valence-electron chi connectivity index (χ3n) is 5.05. The number of fused-ring (bicyclic) bond motifs is 2. The van der Waals surface area contributed by atoms with Crippen LogP contribution in [0.1, 0.15) is 25.0 Å². The lowest BCUT2D eigenvalue weighted by Crippen LogP contribution is -2.41. The lowest BCUT2D eigenvalue weighted by atomic mass is 10.1. The Bertz CT molecular complexity index is 702. The van der Waals surface area contributed by atoms with Crippen molar-refractivity contribution in [1.82, 2.24) is 20.2 Å². The molecule has 0 aromatic carbocycles. The number of pyridine rings is 1. The molecule has 2 atom stereocenters. The maximum absolute atomic E-state index is 12.1. The molecule has 126 valence electrons. The van der Waals surface area contributed by atoms with Crippen molar-refractivity contribution in [3.63, 3.8) is 0 Å². The number of likely N-dealkylation sites (tertiary alicyclic amines) is 1. The van der Waals surface area contributed by atoms with E-state index >= 15 is 0 Å². The molecule has 2 bridgehead atoms. The molecule has 1 saturated heterocycles. The summed E-state index contributed by atoms with van der Waals surface area (Å²) in [6.45, 7) is 2.32. The van der Waals surface area contributed by atoms with Gasteiger partial charge in [0.2, 0.25) is 5.91 Å². The van der Waals surface area contributed by atoms with Crippen molar-refractivity contribution in [3.05, 3.63) is 35.6 Å². The minimum atomic E-state index is 0.145. The standard InChI is InChI=1S/C18H22N4OS/c23-17(11-22-10-13-1-2-16(22)9-13)20-8-5-15-12-24-18(21-15)14-3-6-19-7-4-14/h3-4,6-7,12-13,16H,1-2,5,8-11H2,(H,20,23)/t13-,16+/m1/s1. The van der Waals surface area contributed by atoms with Gasteiger partial charge in [-0.25, -0.2) is 4.98 Å². The number of thiazole rings is 1. The summed E-state index contributed by atoms with van der Waals surface area (Å²) in [7, 11) is 0. The van der Waals surface area contributed by atoms with Crippen molar-refractivity contribution in [2.24, 2.45) is 5.92 Å². The smallest absolute Gasteiger partial charge is 0.234 e. The van der Waals surface area contributed by atoms with Crippen LogP contribution in [0.5, 0.6) is 0 Å². The fourth-order valence-electron chi connectivity index (χ4n) is 3.84. The summed E-state index contributed by atoms with van der Waals surface area (Å²) in [6.07, 6.45) is 8.26. The number of rotatable bonds is 6. The predicted molar refractivity (Wildman–Crippen MR) is 94.8 cm³/mol. The number of carbonyl (C=O) groups is 1. The van der Waals surface area contributed by atoms with Crippen molar-refractivity contribution >= 4 is 17.2 Å².